The lowest BCUT2D eigenvalue weighted by Gasteiger charge is -2.25. The van der Waals surface area contributed by atoms with Gasteiger partial charge in [-0.15, -0.1) is 0 Å². The van der Waals surface area contributed by atoms with Gasteiger partial charge in [0.15, 0.2) is 11.8 Å². The van der Waals surface area contributed by atoms with Crippen LogP contribution >= 0.6 is 0 Å². The molecular formula is C23H35N7O2. The van der Waals surface area contributed by atoms with Crippen molar-refractivity contribution >= 4 is 11.6 Å². The lowest BCUT2D eigenvalue weighted by Crippen LogP contribution is -2.47. The number of ether oxygens (including phenoxy) is 2. The average Bonchev–Trinajstić information content (AvgIpc) is 3.44. The second-order valence-corrected chi connectivity index (χ2v) is 8.46. The Morgan fingerprint density at radius 1 is 1.25 bits per heavy atom. The van der Waals surface area contributed by atoms with E-state index in [1.165, 1.54) is 5.69 Å². The summed E-state index contributed by atoms with van der Waals surface area (Å²) in [7, 11) is 3.38. The monoisotopic (exact) mass is 441 g/mol. The summed E-state index contributed by atoms with van der Waals surface area (Å²) in [4.78, 5) is 11.9. The fourth-order valence-corrected chi connectivity index (χ4v) is 4.43. The maximum absolute atomic E-state index is 5.37. The third-order valence-corrected chi connectivity index (χ3v) is 6.07. The molecule has 0 amide bonds. The minimum absolute atomic E-state index is 0.286. The highest BCUT2D eigenvalue weighted by atomic mass is 16.5. The molecule has 9 nitrogen and oxygen atoms in total. The molecule has 9 heteroatoms. The van der Waals surface area contributed by atoms with Crippen molar-refractivity contribution in [3.8, 4) is 5.75 Å². The van der Waals surface area contributed by atoms with Gasteiger partial charge in [0.25, 0.3) is 0 Å². The molecule has 32 heavy (non-hydrogen) atoms. The number of nitrogens with one attached hydrogen (secondary N) is 2. The van der Waals surface area contributed by atoms with Gasteiger partial charge in [0.05, 0.1) is 13.7 Å². The zero-order valence-corrected chi connectivity index (χ0v) is 19.4. The maximum atomic E-state index is 5.37. The highest BCUT2D eigenvalue weighted by molar-refractivity contribution is 5.80. The van der Waals surface area contributed by atoms with Gasteiger partial charge in [0.2, 0.25) is 0 Å². The molecule has 2 atom stereocenters. The highest BCUT2D eigenvalue weighted by Crippen LogP contribution is 2.27. The van der Waals surface area contributed by atoms with Gasteiger partial charge in [-0.2, -0.15) is 5.10 Å². The van der Waals surface area contributed by atoms with Crippen LogP contribution in [-0.4, -0.2) is 67.2 Å². The molecule has 0 radical (unpaired) electrons. The third-order valence-electron chi connectivity index (χ3n) is 6.07. The number of hydrogen-bond acceptors (Lipinski definition) is 6. The molecule has 0 saturated carbocycles. The number of fused-ring (bicyclic) bond motifs is 1. The summed E-state index contributed by atoms with van der Waals surface area (Å²) >= 11 is 0. The van der Waals surface area contributed by atoms with Crippen molar-refractivity contribution in [2.75, 3.05) is 45.3 Å². The standard InChI is InChI=1S/C23H35N7O2/c1-4-24-23(26-18-8-9-22-27-21(16-31-2)28-30(22)15-18)25-13-17-10-11-29(14-17)19-6-5-7-20(12-19)32-3/h5-7,12,17-18H,4,8-11,13-16H2,1-3H3,(H2,24,25,26). The Kier molecular flexibility index (Phi) is 7.47. The largest absolute Gasteiger partial charge is 0.497 e. The van der Waals surface area contributed by atoms with Crippen molar-refractivity contribution in [3.05, 3.63) is 35.9 Å². The van der Waals surface area contributed by atoms with E-state index >= 15 is 0 Å². The van der Waals surface area contributed by atoms with Crippen LogP contribution < -0.4 is 20.3 Å². The molecule has 2 N–H and O–H groups in total. The quantitative estimate of drug-likeness (QED) is 0.477. The van der Waals surface area contributed by atoms with Gasteiger partial charge in [-0.1, -0.05) is 6.07 Å². The van der Waals surface area contributed by atoms with Crippen LogP contribution in [0.4, 0.5) is 5.69 Å². The van der Waals surface area contributed by atoms with Gasteiger partial charge in [0.1, 0.15) is 18.2 Å². The summed E-state index contributed by atoms with van der Waals surface area (Å²) in [6.07, 6.45) is 3.07. The lowest BCUT2D eigenvalue weighted by atomic mass is 10.1. The van der Waals surface area contributed by atoms with E-state index in [1.54, 1.807) is 14.2 Å². The van der Waals surface area contributed by atoms with E-state index in [1.807, 2.05) is 10.7 Å². The number of methoxy groups -OCH3 is 2. The summed E-state index contributed by atoms with van der Waals surface area (Å²) in [5.41, 5.74) is 1.22. The Balaban J connectivity index is 1.32. The molecule has 2 aliphatic heterocycles. The molecule has 1 aromatic carbocycles. The van der Waals surface area contributed by atoms with E-state index in [-0.39, 0.29) is 6.04 Å². The minimum atomic E-state index is 0.286. The summed E-state index contributed by atoms with van der Waals surface area (Å²) in [5, 5.41) is 11.6. The smallest absolute Gasteiger partial charge is 0.191 e. The number of benzene rings is 1. The summed E-state index contributed by atoms with van der Waals surface area (Å²) in [6, 6.07) is 8.59. The number of aryl methyl sites for hydroxylation is 1. The zero-order chi connectivity index (χ0) is 22.3. The maximum Gasteiger partial charge on any atom is 0.191 e. The van der Waals surface area contributed by atoms with Crippen LogP contribution in [0.15, 0.2) is 29.3 Å². The van der Waals surface area contributed by atoms with Crippen LogP contribution in [0.25, 0.3) is 0 Å². The Bertz CT molecular complexity index is 913. The SMILES string of the molecule is CCNC(=NCC1CCN(c2cccc(OC)c2)C1)NC1CCc2nc(COC)nn2C1. The Hall–Kier alpha value is -2.81. The van der Waals surface area contributed by atoms with Crippen LogP contribution in [-0.2, 0) is 24.3 Å². The normalized spacial score (nSPS) is 20.8. The highest BCUT2D eigenvalue weighted by Gasteiger charge is 2.24. The first-order valence-electron chi connectivity index (χ1n) is 11.5. The van der Waals surface area contributed by atoms with E-state index in [4.69, 9.17) is 14.5 Å². The van der Waals surface area contributed by atoms with Crippen molar-refractivity contribution in [2.45, 2.75) is 45.4 Å². The van der Waals surface area contributed by atoms with Gasteiger partial charge in [-0.3, -0.25) is 4.99 Å². The molecule has 0 bridgehead atoms. The molecule has 1 saturated heterocycles. The topological polar surface area (TPSA) is 88.8 Å². The van der Waals surface area contributed by atoms with E-state index < -0.39 is 0 Å². The molecule has 3 heterocycles. The number of guanidine groups is 1. The van der Waals surface area contributed by atoms with E-state index in [0.717, 1.165) is 75.3 Å². The van der Waals surface area contributed by atoms with Gasteiger partial charge >= 0.3 is 0 Å². The molecular weight excluding hydrogens is 406 g/mol. The first-order chi connectivity index (χ1) is 15.7. The summed E-state index contributed by atoms with van der Waals surface area (Å²) in [5.74, 6) is 4.13. The number of hydrogen-bond donors (Lipinski definition) is 2. The van der Waals surface area contributed by atoms with Crippen LogP contribution in [0.5, 0.6) is 5.75 Å². The van der Waals surface area contributed by atoms with E-state index in [0.29, 0.717) is 12.5 Å². The molecule has 174 valence electrons. The van der Waals surface area contributed by atoms with Crippen LogP contribution in [0, 0.1) is 5.92 Å². The Morgan fingerprint density at radius 2 is 2.16 bits per heavy atom. The molecule has 0 aliphatic carbocycles. The molecule has 1 fully saturated rings. The summed E-state index contributed by atoms with van der Waals surface area (Å²) in [6.45, 7) is 7.08. The number of nitrogens with zero attached hydrogens (tertiary/aromatic N) is 5. The van der Waals surface area contributed by atoms with Crippen molar-refractivity contribution in [3.63, 3.8) is 0 Å². The van der Waals surface area contributed by atoms with Crippen molar-refractivity contribution in [2.24, 2.45) is 10.9 Å². The van der Waals surface area contributed by atoms with Gasteiger partial charge in [-0.25, -0.2) is 9.67 Å². The first-order valence-corrected chi connectivity index (χ1v) is 11.5. The first kappa shape index (κ1) is 22.4. The fraction of sp³-hybridized carbons (Fsp3) is 0.609. The van der Waals surface area contributed by atoms with Crippen LogP contribution in [0.2, 0.25) is 0 Å². The Labute approximate surface area is 190 Å². The van der Waals surface area contributed by atoms with Crippen molar-refractivity contribution < 1.29 is 9.47 Å². The van der Waals surface area contributed by atoms with Gasteiger partial charge < -0.3 is 25.0 Å². The van der Waals surface area contributed by atoms with Crippen LogP contribution in [0.1, 0.15) is 31.4 Å². The van der Waals surface area contributed by atoms with Crippen LogP contribution in [0.3, 0.4) is 0 Å². The third kappa shape index (κ3) is 5.51. The second-order valence-electron chi connectivity index (χ2n) is 8.46. The lowest BCUT2D eigenvalue weighted by molar-refractivity contribution is 0.177. The molecule has 2 aromatic rings. The zero-order valence-electron chi connectivity index (χ0n) is 19.4. The predicted molar refractivity (Wildman–Crippen MR) is 125 cm³/mol. The number of aromatic nitrogens is 3. The van der Waals surface area contributed by atoms with Crippen molar-refractivity contribution in [1.29, 1.82) is 0 Å². The second kappa shape index (κ2) is 10.7. The molecule has 2 unspecified atom stereocenters. The van der Waals surface area contributed by atoms with Gasteiger partial charge in [-0.05, 0) is 37.8 Å². The Morgan fingerprint density at radius 3 is 2.97 bits per heavy atom. The van der Waals surface area contributed by atoms with E-state index in [9.17, 15) is 0 Å². The number of rotatable bonds is 8. The van der Waals surface area contributed by atoms with Gasteiger partial charge in [0, 0.05) is 57.5 Å². The molecule has 2 aliphatic rings. The number of anilines is 1. The van der Waals surface area contributed by atoms with E-state index in [2.05, 4.69) is 50.7 Å². The fourth-order valence-electron chi connectivity index (χ4n) is 4.43. The predicted octanol–water partition coefficient (Wildman–Crippen LogP) is 1.83. The summed E-state index contributed by atoms with van der Waals surface area (Å²) < 4.78 is 12.5. The van der Waals surface area contributed by atoms with Crippen molar-refractivity contribution in [1.82, 2.24) is 25.4 Å². The molecule has 1 aromatic heterocycles. The minimum Gasteiger partial charge on any atom is -0.497 e. The average molecular weight is 442 g/mol. The molecule has 0 spiro atoms. The number of aliphatic imine (C=N–C) groups is 1. The molecule has 4 rings (SSSR count).